The van der Waals surface area contributed by atoms with E-state index in [2.05, 4.69) is 37.8 Å². The van der Waals surface area contributed by atoms with Crippen LogP contribution in [0.25, 0.3) is 5.57 Å². The van der Waals surface area contributed by atoms with E-state index >= 15 is 0 Å². The van der Waals surface area contributed by atoms with E-state index in [-0.39, 0.29) is 16.3 Å². The van der Waals surface area contributed by atoms with Crippen LogP contribution in [0.3, 0.4) is 0 Å². The topological polar surface area (TPSA) is 128 Å². The molecule has 0 radical (unpaired) electrons. The van der Waals surface area contributed by atoms with Crippen LogP contribution in [-0.2, 0) is 9.84 Å². The second kappa shape index (κ2) is 8.61. The Morgan fingerprint density at radius 3 is 2.69 bits per heavy atom. The molecule has 0 amide bonds. The predicted octanol–water partition coefficient (Wildman–Crippen LogP) is 2.59. The monoisotopic (exact) mass is 415 g/mol. The Labute approximate surface area is 170 Å². The van der Waals surface area contributed by atoms with Gasteiger partial charge >= 0.3 is 0 Å². The first kappa shape index (κ1) is 20.8. The fourth-order valence-electron chi connectivity index (χ4n) is 3.17. The van der Waals surface area contributed by atoms with Gasteiger partial charge in [0.05, 0.1) is 15.8 Å². The van der Waals surface area contributed by atoms with Gasteiger partial charge in [0.15, 0.2) is 9.84 Å². The van der Waals surface area contributed by atoms with Gasteiger partial charge in [-0.15, -0.1) is 10.2 Å². The van der Waals surface area contributed by atoms with Crippen LogP contribution in [0, 0.1) is 17.2 Å². The smallest absolute Gasteiger partial charge is 0.216 e. The molecule has 0 spiro atoms. The van der Waals surface area contributed by atoms with Crippen LogP contribution in [0.4, 0.5) is 11.4 Å². The predicted molar refractivity (Wildman–Crippen MR) is 111 cm³/mol. The largest absolute Gasteiger partial charge is 0.371 e. The van der Waals surface area contributed by atoms with Crippen molar-refractivity contribution in [2.45, 2.75) is 43.8 Å². The van der Waals surface area contributed by atoms with Crippen molar-refractivity contribution in [1.29, 1.82) is 5.26 Å². The summed E-state index contributed by atoms with van der Waals surface area (Å²) in [5.41, 5.74) is 1.52. The molecule has 10 heteroatoms. The van der Waals surface area contributed by atoms with E-state index in [1.54, 1.807) is 19.9 Å². The summed E-state index contributed by atoms with van der Waals surface area (Å²) < 4.78 is 25.7. The number of piperidine rings is 1. The average Bonchev–Trinajstić information content (AvgIpc) is 3.23. The molecule has 2 N–H and O–H groups in total. The summed E-state index contributed by atoms with van der Waals surface area (Å²) in [6.07, 6.45) is 3.61. The first-order valence-corrected chi connectivity index (χ1v) is 11.1. The number of tetrazole rings is 1. The van der Waals surface area contributed by atoms with Gasteiger partial charge in [-0.25, -0.2) is 8.42 Å². The minimum Gasteiger partial charge on any atom is -0.371 e. The number of hydrogen-bond acceptors (Lipinski definition) is 8. The maximum Gasteiger partial charge on any atom is 0.216 e. The lowest BCUT2D eigenvalue weighted by molar-refractivity contribution is 0.438. The van der Waals surface area contributed by atoms with E-state index in [4.69, 9.17) is 0 Å². The molecule has 2 heterocycles. The van der Waals surface area contributed by atoms with Gasteiger partial charge in [-0.05, 0) is 56.0 Å². The van der Waals surface area contributed by atoms with Gasteiger partial charge < -0.3 is 10.2 Å². The zero-order valence-corrected chi connectivity index (χ0v) is 17.6. The Morgan fingerprint density at radius 2 is 2.10 bits per heavy atom. The van der Waals surface area contributed by atoms with E-state index in [0.29, 0.717) is 11.6 Å². The molecular weight excluding hydrogens is 390 g/mol. The number of sulfone groups is 1. The highest BCUT2D eigenvalue weighted by atomic mass is 32.2. The van der Waals surface area contributed by atoms with Crippen molar-refractivity contribution in [1.82, 2.24) is 20.6 Å². The molecular formula is C19H25N7O2S. The third-order valence-electron chi connectivity index (χ3n) is 5.12. The lowest BCUT2D eigenvalue weighted by Crippen LogP contribution is -2.32. The molecule has 0 atom stereocenters. The number of nitrogens with one attached hydrogen (secondary N) is 2. The molecule has 29 heavy (non-hydrogen) atoms. The highest BCUT2D eigenvalue weighted by Gasteiger charge is 2.24. The molecule has 1 aliphatic heterocycles. The molecule has 9 nitrogen and oxygen atoms in total. The zero-order chi connectivity index (χ0) is 21.0. The van der Waals surface area contributed by atoms with Gasteiger partial charge in [0.25, 0.3) is 0 Å². The summed E-state index contributed by atoms with van der Waals surface area (Å²) in [5.74, 6) is 0.829. The van der Waals surface area contributed by atoms with E-state index in [1.807, 2.05) is 18.2 Å². The molecule has 154 valence electrons. The van der Waals surface area contributed by atoms with E-state index < -0.39 is 15.1 Å². The lowest BCUT2D eigenvalue weighted by atomic mass is 9.99. The van der Waals surface area contributed by atoms with Gasteiger partial charge in [0, 0.05) is 25.0 Å². The van der Waals surface area contributed by atoms with Gasteiger partial charge in [0.2, 0.25) is 5.82 Å². The van der Waals surface area contributed by atoms with Crippen molar-refractivity contribution in [3.8, 4) is 6.07 Å². The molecule has 1 aromatic carbocycles. The van der Waals surface area contributed by atoms with Crippen LogP contribution in [0.15, 0.2) is 29.3 Å². The van der Waals surface area contributed by atoms with Crippen molar-refractivity contribution in [2.75, 3.05) is 23.3 Å². The number of hydrogen-bond donors (Lipinski definition) is 2. The summed E-state index contributed by atoms with van der Waals surface area (Å²) in [7, 11) is -3.52. The quantitative estimate of drug-likeness (QED) is 0.689. The summed E-state index contributed by atoms with van der Waals surface area (Å²) in [6, 6.07) is 7.31. The molecule has 0 bridgehead atoms. The van der Waals surface area contributed by atoms with Gasteiger partial charge in [-0.2, -0.15) is 10.5 Å². The highest BCUT2D eigenvalue weighted by molar-refractivity contribution is 7.92. The Balaban J connectivity index is 1.99. The van der Waals surface area contributed by atoms with Crippen LogP contribution in [0.5, 0.6) is 0 Å². The average molecular weight is 416 g/mol. The van der Waals surface area contributed by atoms with Crippen molar-refractivity contribution in [3.05, 3.63) is 30.2 Å². The Hall–Kier alpha value is -2.93. The number of nitrogens with zero attached hydrogens (tertiary/aromatic N) is 5. The van der Waals surface area contributed by atoms with Gasteiger partial charge in [-0.1, -0.05) is 6.92 Å². The number of allylic oxidation sites excluding steroid dienone is 1. The fraction of sp³-hybridized carbons (Fsp3) is 0.474. The number of H-pyrrole nitrogens is 1. The number of aromatic nitrogens is 4. The summed E-state index contributed by atoms with van der Waals surface area (Å²) in [4.78, 5) is 2.45. The third-order valence-corrected chi connectivity index (χ3v) is 7.33. The maximum atomic E-state index is 12.8. The SMILES string of the molecule is CC1CCN(c2ccc(S(=O)(=O)C(C)C)c(NC=C(C#N)c3nn[nH]n3)c2)CC1. The van der Waals surface area contributed by atoms with Crippen LogP contribution in [0.2, 0.25) is 0 Å². The van der Waals surface area contributed by atoms with Crippen LogP contribution in [0.1, 0.15) is 39.4 Å². The molecule has 0 aliphatic carbocycles. The van der Waals surface area contributed by atoms with Gasteiger partial charge in [-0.3, -0.25) is 0 Å². The van der Waals surface area contributed by atoms with E-state index in [9.17, 15) is 13.7 Å². The minimum absolute atomic E-state index is 0.134. The van der Waals surface area contributed by atoms with E-state index in [1.165, 1.54) is 6.20 Å². The third kappa shape index (κ3) is 4.56. The van der Waals surface area contributed by atoms with Crippen LogP contribution < -0.4 is 10.2 Å². The van der Waals surface area contributed by atoms with Crippen LogP contribution in [-0.4, -0.2) is 47.4 Å². The minimum atomic E-state index is -3.52. The van der Waals surface area contributed by atoms with Crippen molar-refractivity contribution >= 4 is 26.8 Å². The number of benzene rings is 1. The van der Waals surface area contributed by atoms with Gasteiger partial charge in [0.1, 0.15) is 11.6 Å². The molecule has 1 aromatic heterocycles. The standard InChI is InChI=1S/C19H25N7O2S/c1-13(2)29(27,28)18-5-4-16(26-8-6-14(3)7-9-26)10-17(18)21-12-15(11-20)19-22-24-25-23-19/h4-5,10,12-14,21H,6-9H2,1-3H3,(H,22,23,24,25). The Kier molecular flexibility index (Phi) is 6.17. The second-order valence-corrected chi connectivity index (χ2v) is 9.97. The molecule has 2 aromatic rings. The number of rotatable bonds is 6. The zero-order valence-electron chi connectivity index (χ0n) is 16.8. The number of anilines is 2. The summed E-state index contributed by atoms with van der Waals surface area (Å²) in [6.45, 7) is 7.40. The first-order chi connectivity index (χ1) is 13.8. The Bertz CT molecular complexity index is 1020. The molecule has 0 unspecified atom stereocenters. The highest BCUT2D eigenvalue weighted by Crippen LogP contribution is 2.32. The molecule has 1 fully saturated rings. The maximum absolute atomic E-state index is 12.8. The van der Waals surface area contributed by atoms with Crippen molar-refractivity contribution < 1.29 is 8.42 Å². The summed E-state index contributed by atoms with van der Waals surface area (Å²) in [5, 5.41) is 25.1. The van der Waals surface area contributed by atoms with Crippen molar-refractivity contribution in [3.63, 3.8) is 0 Å². The van der Waals surface area contributed by atoms with E-state index in [0.717, 1.165) is 31.6 Å². The second-order valence-electron chi connectivity index (χ2n) is 7.49. The Morgan fingerprint density at radius 1 is 1.38 bits per heavy atom. The normalized spacial score (nSPS) is 16.1. The number of nitriles is 1. The lowest BCUT2D eigenvalue weighted by Gasteiger charge is -2.32. The van der Waals surface area contributed by atoms with Crippen molar-refractivity contribution in [2.24, 2.45) is 5.92 Å². The first-order valence-electron chi connectivity index (χ1n) is 9.56. The molecule has 3 rings (SSSR count). The summed E-state index contributed by atoms with van der Waals surface area (Å²) >= 11 is 0. The van der Waals surface area contributed by atoms with Crippen LogP contribution >= 0.6 is 0 Å². The molecule has 0 saturated carbocycles. The fourth-order valence-corrected chi connectivity index (χ4v) is 4.36. The number of aromatic amines is 1. The molecule has 1 aliphatic rings. The molecule has 1 saturated heterocycles.